The maximum Gasteiger partial charge on any atom is 0.226 e. The summed E-state index contributed by atoms with van der Waals surface area (Å²) in [6, 6.07) is 0. The molecule has 6 nitrogen and oxygen atoms in total. The molecule has 116 valence electrons. The van der Waals surface area contributed by atoms with Gasteiger partial charge in [0.15, 0.2) is 5.82 Å². The highest BCUT2D eigenvalue weighted by atomic mass is 15.3. The summed E-state index contributed by atoms with van der Waals surface area (Å²) < 4.78 is 0. The molecule has 2 aliphatic heterocycles. The zero-order valence-electron chi connectivity index (χ0n) is 12.9. The number of nitrogens with zero attached hydrogens (tertiary/aromatic N) is 6. The van der Waals surface area contributed by atoms with E-state index in [4.69, 9.17) is 4.98 Å². The zero-order valence-corrected chi connectivity index (χ0v) is 12.9. The van der Waals surface area contributed by atoms with Gasteiger partial charge < -0.3 is 9.80 Å². The normalized spacial score (nSPS) is 19.6. The van der Waals surface area contributed by atoms with Gasteiger partial charge in [0.2, 0.25) is 5.95 Å². The monoisotopic (exact) mass is 298 g/mol. The van der Waals surface area contributed by atoms with Crippen molar-refractivity contribution in [3.05, 3.63) is 12.5 Å². The third-order valence-electron chi connectivity index (χ3n) is 4.64. The quantitative estimate of drug-likeness (QED) is 0.848. The minimum Gasteiger partial charge on any atom is -0.355 e. The van der Waals surface area contributed by atoms with Gasteiger partial charge in [0.05, 0.1) is 6.20 Å². The summed E-state index contributed by atoms with van der Waals surface area (Å²) in [5.74, 6) is 1.81. The first kappa shape index (κ1) is 13.7. The molecule has 6 heteroatoms. The first-order chi connectivity index (χ1) is 10.9. The van der Waals surface area contributed by atoms with Crippen LogP contribution in [0.3, 0.4) is 0 Å². The molecule has 0 aliphatic carbocycles. The summed E-state index contributed by atoms with van der Waals surface area (Å²) in [5.41, 5.74) is 1.75. The summed E-state index contributed by atoms with van der Waals surface area (Å²) in [7, 11) is 0. The number of anilines is 2. The molecular formula is C16H22N6. The second-order valence-corrected chi connectivity index (χ2v) is 6.20. The fourth-order valence-electron chi connectivity index (χ4n) is 3.42. The molecule has 0 radical (unpaired) electrons. The van der Waals surface area contributed by atoms with Gasteiger partial charge in [-0.3, -0.25) is 0 Å². The molecular weight excluding hydrogens is 276 g/mol. The van der Waals surface area contributed by atoms with Gasteiger partial charge in [0.1, 0.15) is 17.4 Å². The standard InChI is InChI=1S/C16H22N6/c1-3-7-21(8-4-1)15-14-13(18-12-19-15)11-17-16(20-14)22-9-5-2-6-10-22/h11-12H,1-10H2. The fraction of sp³-hybridized carbons (Fsp3) is 0.625. The summed E-state index contributed by atoms with van der Waals surface area (Å²) in [4.78, 5) is 22.8. The molecule has 4 rings (SSSR count). The van der Waals surface area contributed by atoms with Crippen LogP contribution in [0.4, 0.5) is 11.8 Å². The van der Waals surface area contributed by atoms with Crippen molar-refractivity contribution in [2.24, 2.45) is 0 Å². The summed E-state index contributed by atoms with van der Waals surface area (Å²) >= 11 is 0. The van der Waals surface area contributed by atoms with Crippen LogP contribution < -0.4 is 9.80 Å². The van der Waals surface area contributed by atoms with E-state index in [1.165, 1.54) is 38.5 Å². The van der Waals surface area contributed by atoms with Crippen molar-refractivity contribution in [2.75, 3.05) is 36.0 Å². The van der Waals surface area contributed by atoms with E-state index in [0.717, 1.165) is 49.0 Å². The molecule has 0 spiro atoms. The van der Waals surface area contributed by atoms with Crippen molar-refractivity contribution in [1.29, 1.82) is 0 Å². The molecule has 2 aliphatic rings. The Balaban J connectivity index is 1.72. The predicted octanol–water partition coefficient (Wildman–Crippen LogP) is 2.40. The molecule has 0 amide bonds. The minimum atomic E-state index is 0.834. The Bertz CT molecular complexity index is 646. The smallest absolute Gasteiger partial charge is 0.226 e. The molecule has 4 heterocycles. The van der Waals surface area contributed by atoms with E-state index in [0.29, 0.717) is 0 Å². The van der Waals surface area contributed by atoms with Crippen LogP contribution in [-0.2, 0) is 0 Å². The van der Waals surface area contributed by atoms with Crippen molar-refractivity contribution in [1.82, 2.24) is 19.9 Å². The minimum absolute atomic E-state index is 0.834. The van der Waals surface area contributed by atoms with E-state index >= 15 is 0 Å². The van der Waals surface area contributed by atoms with Crippen LogP contribution in [0.15, 0.2) is 12.5 Å². The van der Waals surface area contributed by atoms with Gasteiger partial charge in [-0.15, -0.1) is 0 Å². The number of hydrogen-bond donors (Lipinski definition) is 0. The van der Waals surface area contributed by atoms with E-state index in [2.05, 4.69) is 24.8 Å². The Morgan fingerprint density at radius 3 is 2.14 bits per heavy atom. The Kier molecular flexibility index (Phi) is 3.74. The molecule has 0 atom stereocenters. The number of hydrogen-bond acceptors (Lipinski definition) is 6. The molecule has 0 unspecified atom stereocenters. The van der Waals surface area contributed by atoms with Crippen molar-refractivity contribution in [3.63, 3.8) is 0 Å². The Labute approximate surface area is 130 Å². The molecule has 2 aromatic heterocycles. The largest absolute Gasteiger partial charge is 0.355 e. The second kappa shape index (κ2) is 6.02. The van der Waals surface area contributed by atoms with Gasteiger partial charge in [0, 0.05) is 26.2 Å². The highest BCUT2D eigenvalue weighted by Gasteiger charge is 2.19. The predicted molar refractivity (Wildman–Crippen MR) is 87.3 cm³/mol. The number of rotatable bonds is 2. The van der Waals surface area contributed by atoms with Gasteiger partial charge in [-0.05, 0) is 38.5 Å². The highest BCUT2D eigenvalue weighted by molar-refractivity contribution is 5.85. The summed E-state index contributed by atoms with van der Waals surface area (Å²) in [6.45, 7) is 4.24. The second-order valence-electron chi connectivity index (χ2n) is 6.20. The molecule has 2 aromatic rings. The van der Waals surface area contributed by atoms with E-state index < -0.39 is 0 Å². The number of piperidine rings is 2. The van der Waals surface area contributed by atoms with Crippen LogP contribution in [-0.4, -0.2) is 46.1 Å². The average molecular weight is 298 g/mol. The van der Waals surface area contributed by atoms with E-state index in [1.807, 2.05) is 6.20 Å². The van der Waals surface area contributed by atoms with Gasteiger partial charge in [-0.1, -0.05) is 0 Å². The van der Waals surface area contributed by atoms with Crippen molar-refractivity contribution >= 4 is 22.8 Å². The van der Waals surface area contributed by atoms with Gasteiger partial charge >= 0.3 is 0 Å². The maximum atomic E-state index is 4.82. The third kappa shape index (κ3) is 2.58. The lowest BCUT2D eigenvalue weighted by Crippen LogP contribution is -2.32. The first-order valence-electron chi connectivity index (χ1n) is 8.39. The van der Waals surface area contributed by atoms with E-state index in [-0.39, 0.29) is 0 Å². The molecule has 22 heavy (non-hydrogen) atoms. The SMILES string of the molecule is c1nc(N2CCCCC2)c2nc(N3CCCCC3)ncc2n1. The Hall–Kier alpha value is -1.98. The van der Waals surface area contributed by atoms with E-state index in [1.54, 1.807) is 6.33 Å². The number of aromatic nitrogens is 4. The summed E-state index contributed by atoms with van der Waals surface area (Å²) in [6.07, 6.45) is 11.0. The van der Waals surface area contributed by atoms with Crippen LogP contribution in [0.1, 0.15) is 38.5 Å². The Morgan fingerprint density at radius 1 is 0.727 bits per heavy atom. The molecule has 0 aromatic carbocycles. The fourth-order valence-corrected chi connectivity index (χ4v) is 3.42. The van der Waals surface area contributed by atoms with Crippen LogP contribution in [0.5, 0.6) is 0 Å². The molecule has 2 fully saturated rings. The van der Waals surface area contributed by atoms with Crippen molar-refractivity contribution in [3.8, 4) is 0 Å². The lowest BCUT2D eigenvalue weighted by atomic mass is 10.1. The lowest BCUT2D eigenvalue weighted by molar-refractivity contribution is 0.568. The lowest BCUT2D eigenvalue weighted by Gasteiger charge is -2.29. The average Bonchev–Trinajstić information content (AvgIpc) is 2.62. The number of fused-ring (bicyclic) bond motifs is 1. The highest BCUT2D eigenvalue weighted by Crippen LogP contribution is 2.26. The molecule has 2 saturated heterocycles. The topological polar surface area (TPSA) is 58.0 Å². The molecule has 0 saturated carbocycles. The first-order valence-corrected chi connectivity index (χ1v) is 8.39. The Morgan fingerprint density at radius 2 is 1.41 bits per heavy atom. The van der Waals surface area contributed by atoms with Crippen LogP contribution in [0.2, 0.25) is 0 Å². The van der Waals surface area contributed by atoms with Crippen LogP contribution in [0, 0.1) is 0 Å². The van der Waals surface area contributed by atoms with Gasteiger partial charge in [0.25, 0.3) is 0 Å². The maximum absolute atomic E-state index is 4.82. The van der Waals surface area contributed by atoms with Crippen LogP contribution >= 0.6 is 0 Å². The molecule has 0 bridgehead atoms. The van der Waals surface area contributed by atoms with E-state index in [9.17, 15) is 0 Å². The summed E-state index contributed by atoms with van der Waals surface area (Å²) in [5, 5.41) is 0. The van der Waals surface area contributed by atoms with Crippen molar-refractivity contribution < 1.29 is 0 Å². The van der Waals surface area contributed by atoms with Gasteiger partial charge in [-0.25, -0.2) is 19.9 Å². The molecule has 0 N–H and O–H groups in total. The zero-order chi connectivity index (χ0) is 14.8. The van der Waals surface area contributed by atoms with Crippen molar-refractivity contribution in [2.45, 2.75) is 38.5 Å². The van der Waals surface area contributed by atoms with Gasteiger partial charge in [-0.2, -0.15) is 0 Å². The van der Waals surface area contributed by atoms with Crippen LogP contribution in [0.25, 0.3) is 11.0 Å². The third-order valence-corrected chi connectivity index (χ3v) is 4.64.